The number of nitrogens with one attached hydrogen (secondary N) is 1. The molecule has 1 unspecified atom stereocenters. The van der Waals surface area contributed by atoms with Crippen molar-refractivity contribution >= 4 is 11.7 Å². The maximum Gasteiger partial charge on any atom is 0.272 e. The van der Waals surface area contributed by atoms with E-state index in [0.717, 1.165) is 31.5 Å². The molecule has 0 bridgehead atoms. The number of carbonyl (C=O) groups is 1. The van der Waals surface area contributed by atoms with Gasteiger partial charge in [-0.2, -0.15) is 0 Å². The molecule has 0 aliphatic carbocycles. The van der Waals surface area contributed by atoms with Gasteiger partial charge in [0.1, 0.15) is 17.3 Å². The summed E-state index contributed by atoms with van der Waals surface area (Å²) in [4.78, 5) is 28.0. The van der Waals surface area contributed by atoms with E-state index >= 15 is 0 Å². The quantitative estimate of drug-likeness (QED) is 0.906. The van der Waals surface area contributed by atoms with Crippen LogP contribution in [-0.2, 0) is 6.54 Å². The molecule has 0 saturated carbocycles. The Labute approximate surface area is 148 Å². The Kier molecular flexibility index (Phi) is 5.58. The van der Waals surface area contributed by atoms with Gasteiger partial charge < -0.3 is 10.2 Å². The predicted molar refractivity (Wildman–Crippen MR) is 97.3 cm³/mol. The molecule has 1 saturated heterocycles. The van der Waals surface area contributed by atoms with Crippen LogP contribution in [0.1, 0.15) is 54.6 Å². The lowest BCUT2D eigenvalue weighted by Gasteiger charge is -2.35. The van der Waals surface area contributed by atoms with Gasteiger partial charge in [-0.25, -0.2) is 9.97 Å². The minimum atomic E-state index is 0.0120. The molecule has 3 heterocycles. The fourth-order valence-electron chi connectivity index (χ4n) is 3.29. The van der Waals surface area contributed by atoms with Crippen molar-refractivity contribution in [3.63, 3.8) is 0 Å². The first-order valence-electron chi connectivity index (χ1n) is 8.98. The van der Waals surface area contributed by atoms with Crippen molar-refractivity contribution in [3.05, 3.63) is 47.7 Å². The van der Waals surface area contributed by atoms with Crippen molar-refractivity contribution in [2.75, 3.05) is 11.9 Å². The topological polar surface area (TPSA) is 71.0 Å². The lowest BCUT2D eigenvalue weighted by molar-refractivity contribution is 0.0601. The third-order valence-corrected chi connectivity index (χ3v) is 4.59. The van der Waals surface area contributed by atoms with Crippen LogP contribution in [-0.4, -0.2) is 38.3 Å². The minimum Gasteiger partial charge on any atom is -0.364 e. The van der Waals surface area contributed by atoms with E-state index in [2.05, 4.69) is 27.2 Å². The molecule has 0 spiro atoms. The van der Waals surface area contributed by atoms with Crippen molar-refractivity contribution in [1.82, 2.24) is 19.9 Å². The Morgan fingerprint density at radius 3 is 2.96 bits per heavy atom. The van der Waals surface area contributed by atoms with Gasteiger partial charge in [0.15, 0.2) is 0 Å². The highest BCUT2D eigenvalue weighted by Gasteiger charge is 2.27. The lowest BCUT2D eigenvalue weighted by atomic mass is 9.99. The van der Waals surface area contributed by atoms with E-state index in [9.17, 15) is 4.79 Å². The number of hydrogen-bond donors (Lipinski definition) is 1. The average Bonchev–Trinajstić information content (AvgIpc) is 2.66. The Hall–Kier alpha value is -2.50. The summed E-state index contributed by atoms with van der Waals surface area (Å²) in [7, 11) is 0. The van der Waals surface area contributed by atoms with Gasteiger partial charge in [-0.1, -0.05) is 13.0 Å². The van der Waals surface area contributed by atoms with Gasteiger partial charge in [-0.15, -0.1) is 0 Å². The van der Waals surface area contributed by atoms with Gasteiger partial charge in [0.25, 0.3) is 5.91 Å². The van der Waals surface area contributed by atoms with Crippen LogP contribution in [0.5, 0.6) is 0 Å². The molecule has 1 atom stereocenters. The molecule has 1 amide bonds. The number of amides is 1. The fourth-order valence-corrected chi connectivity index (χ4v) is 3.29. The number of rotatable bonds is 5. The van der Waals surface area contributed by atoms with Crippen molar-refractivity contribution in [1.29, 1.82) is 0 Å². The second kappa shape index (κ2) is 8.05. The molecule has 0 aromatic carbocycles. The summed E-state index contributed by atoms with van der Waals surface area (Å²) in [6, 6.07) is 7.86. The van der Waals surface area contributed by atoms with Crippen LogP contribution in [0.25, 0.3) is 0 Å². The molecular weight excluding hydrogens is 314 g/mol. The fraction of sp³-hybridized carbons (Fsp3) is 0.474. The summed E-state index contributed by atoms with van der Waals surface area (Å²) in [5.41, 5.74) is 1.39. The highest BCUT2D eigenvalue weighted by molar-refractivity contribution is 5.93. The zero-order valence-electron chi connectivity index (χ0n) is 14.9. The first kappa shape index (κ1) is 17.3. The van der Waals surface area contributed by atoms with Crippen molar-refractivity contribution in [2.24, 2.45) is 0 Å². The van der Waals surface area contributed by atoms with Gasteiger partial charge in [0.2, 0.25) is 0 Å². The maximum atomic E-state index is 12.9. The normalized spacial score (nSPS) is 17.4. The van der Waals surface area contributed by atoms with E-state index in [1.807, 2.05) is 30.0 Å². The Morgan fingerprint density at radius 1 is 1.32 bits per heavy atom. The number of aryl methyl sites for hydroxylation is 1. The number of piperidine rings is 1. The molecule has 2 aromatic rings. The second-order valence-corrected chi connectivity index (χ2v) is 6.42. The molecule has 1 fully saturated rings. The first-order valence-corrected chi connectivity index (χ1v) is 8.98. The zero-order chi connectivity index (χ0) is 17.6. The molecule has 1 N–H and O–H groups in total. The Morgan fingerprint density at radius 2 is 2.20 bits per heavy atom. The summed E-state index contributed by atoms with van der Waals surface area (Å²) < 4.78 is 0. The number of nitrogens with zero attached hydrogens (tertiary/aromatic N) is 4. The molecule has 1 aliphatic rings. The molecule has 0 radical (unpaired) electrons. The van der Waals surface area contributed by atoms with Gasteiger partial charge in [0.05, 0.1) is 12.2 Å². The van der Waals surface area contributed by atoms with E-state index in [1.54, 1.807) is 12.3 Å². The number of anilines is 1. The summed E-state index contributed by atoms with van der Waals surface area (Å²) in [5, 5.41) is 3.24. The molecule has 132 valence electrons. The number of likely N-dealkylation sites (tertiary alicyclic amines) is 1. The third kappa shape index (κ3) is 4.32. The molecule has 3 rings (SSSR count). The Balaban J connectivity index is 1.75. The zero-order valence-corrected chi connectivity index (χ0v) is 14.9. The summed E-state index contributed by atoms with van der Waals surface area (Å²) in [6.45, 7) is 5.33. The number of pyridine rings is 1. The first-order chi connectivity index (χ1) is 12.2. The van der Waals surface area contributed by atoms with Crippen LogP contribution in [0.2, 0.25) is 0 Å². The Bertz CT molecular complexity index is 719. The van der Waals surface area contributed by atoms with Crippen molar-refractivity contribution < 1.29 is 4.79 Å². The summed E-state index contributed by atoms with van der Waals surface area (Å²) >= 11 is 0. The molecule has 1 aliphatic heterocycles. The monoisotopic (exact) mass is 339 g/mol. The molecule has 6 nitrogen and oxygen atoms in total. The van der Waals surface area contributed by atoms with Crippen molar-refractivity contribution in [2.45, 2.75) is 52.1 Å². The maximum absolute atomic E-state index is 12.9. The van der Waals surface area contributed by atoms with E-state index < -0.39 is 0 Å². The number of carbonyl (C=O) groups excluding carboxylic acids is 1. The van der Waals surface area contributed by atoms with Gasteiger partial charge in [-0.05, 0) is 44.7 Å². The minimum absolute atomic E-state index is 0.0120. The smallest absolute Gasteiger partial charge is 0.272 e. The van der Waals surface area contributed by atoms with Crippen LogP contribution in [0, 0.1) is 6.92 Å². The SMILES string of the molecule is CCC1CCCCN1C(=O)c1cc(NCc2ccccn2)nc(C)n1. The largest absolute Gasteiger partial charge is 0.364 e. The highest BCUT2D eigenvalue weighted by atomic mass is 16.2. The third-order valence-electron chi connectivity index (χ3n) is 4.59. The van der Waals surface area contributed by atoms with Crippen LogP contribution in [0.15, 0.2) is 30.5 Å². The average molecular weight is 339 g/mol. The van der Waals surface area contributed by atoms with Crippen LogP contribution in [0.4, 0.5) is 5.82 Å². The number of hydrogen-bond acceptors (Lipinski definition) is 5. The van der Waals surface area contributed by atoms with Crippen molar-refractivity contribution in [3.8, 4) is 0 Å². The number of aromatic nitrogens is 3. The van der Waals surface area contributed by atoms with E-state index in [0.29, 0.717) is 29.9 Å². The van der Waals surface area contributed by atoms with E-state index in [4.69, 9.17) is 0 Å². The molecule has 25 heavy (non-hydrogen) atoms. The van der Waals surface area contributed by atoms with Crippen LogP contribution in [0.3, 0.4) is 0 Å². The van der Waals surface area contributed by atoms with E-state index in [-0.39, 0.29) is 5.91 Å². The molecule has 2 aromatic heterocycles. The summed E-state index contributed by atoms with van der Waals surface area (Å²) in [5.74, 6) is 1.27. The molecular formula is C19H25N5O. The van der Waals surface area contributed by atoms with E-state index in [1.165, 1.54) is 6.42 Å². The molecule has 6 heteroatoms. The highest BCUT2D eigenvalue weighted by Crippen LogP contribution is 2.22. The van der Waals surface area contributed by atoms with Gasteiger partial charge >= 0.3 is 0 Å². The standard InChI is InChI=1S/C19H25N5O/c1-3-16-9-5-7-11-24(16)19(25)17-12-18(23-14(2)22-17)21-13-15-8-4-6-10-20-15/h4,6,8,10,12,16H,3,5,7,9,11,13H2,1-2H3,(H,21,22,23). The lowest BCUT2D eigenvalue weighted by Crippen LogP contribution is -2.43. The van der Waals surface area contributed by atoms with Gasteiger partial charge in [0, 0.05) is 24.8 Å². The predicted octanol–water partition coefficient (Wildman–Crippen LogP) is 3.20. The van der Waals surface area contributed by atoms with Crippen LogP contribution < -0.4 is 5.32 Å². The summed E-state index contributed by atoms with van der Waals surface area (Å²) in [6.07, 6.45) is 6.09. The van der Waals surface area contributed by atoms with Crippen LogP contribution >= 0.6 is 0 Å². The second-order valence-electron chi connectivity index (χ2n) is 6.42. The van der Waals surface area contributed by atoms with Gasteiger partial charge in [-0.3, -0.25) is 9.78 Å².